The molecule has 2 aromatic carbocycles. The Labute approximate surface area is 185 Å². The highest BCUT2D eigenvalue weighted by atomic mass is 19.4. The first-order valence-electron chi connectivity index (χ1n) is 10.7. The van der Waals surface area contributed by atoms with E-state index >= 15 is 0 Å². The van der Waals surface area contributed by atoms with Gasteiger partial charge in [0.2, 0.25) is 5.91 Å². The Bertz CT molecular complexity index is 993. The summed E-state index contributed by atoms with van der Waals surface area (Å²) in [6.45, 7) is 2.87. The summed E-state index contributed by atoms with van der Waals surface area (Å²) in [6, 6.07) is 9.32. The summed E-state index contributed by atoms with van der Waals surface area (Å²) >= 11 is 0. The number of methoxy groups -OCH3 is 2. The summed E-state index contributed by atoms with van der Waals surface area (Å²) in [5.74, 6) is 0.956. The lowest BCUT2D eigenvalue weighted by Gasteiger charge is -2.29. The fourth-order valence-corrected chi connectivity index (χ4v) is 4.40. The van der Waals surface area contributed by atoms with Crippen molar-refractivity contribution in [2.45, 2.75) is 31.5 Å². The van der Waals surface area contributed by atoms with Gasteiger partial charge in [-0.3, -0.25) is 9.69 Å². The minimum atomic E-state index is -4.37. The van der Waals surface area contributed by atoms with E-state index in [0.29, 0.717) is 30.8 Å². The zero-order chi connectivity index (χ0) is 22.9. The molecule has 1 fully saturated rings. The summed E-state index contributed by atoms with van der Waals surface area (Å²) in [5, 5.41) is 2.95. The topological polar surface area (TPSA) is 50.8 Å². The Morgan fingerprint density at radius 1 is 1.12 bits per heavy atom. The lowest BCUT2D eigenvalue weighted by atomic mass is 9.99. The number of amides is 1. The van der Waals surface area contributed by atoms with Gasteiger partial charge < -0.3 is 14.8 Å². The number of fused-ring (bicyclic) bond motifs is 1. The molecule has 1 aliphatic heterocycles. The number of benzene rings is 2. The van der Waals surface area contributed by atoms with Crippen molar-refractivity contribution >= 4 is 5.91 Å². The average molecular weight is 448 g/mol. The van der Waals surface area contributed by atoms with E-state index in [1.807, 2.05) is 12.1 Å². The molecule has 1 amide bonds. The molecule has 32 heavy (non-hydrogen) atoms. The number of halogens is 3. The highest BCUT2D eigenvalue weighted by Crippen LogP contribution is 2.48. The number of hydrogen-bond donors (Lipinski definition) is 1. The SMILES string of the molecule is COc1cc2c(cc1OC)CN(CCNC(=O)C1CC1c1cccc(C(F)(F)F)c1)CC2. The number of alkyl halides is 3. The minimum absolute atomic E-state index is 0.0868. The van der Waals surface area contributed by atoms with Crippen LogP contribution in [0.2, 0.25) is 0 Å². The number of nitrogens with zero attached hydrogens (tertiary/aromatic N) is 1. The lowest BCUT2D eigenvalue weighted by Crippen LogP contribution is -2.38. The van der Waals surface area contributed by atoms with Crippen LogP contribution in [0.4, 0.5) is 13.2 Å². The van der Waals surface area contributed by atoms with E-state index in [4.69, 9.17) is 9.47 Å². The Morgan fingerprint density at radius 3 is 2.53 bits per heavy atom. The van der Waals surface area contributed by atoms with Gasteiger partial charge in [-0.05, 0) is 53.6 Å². The molecule has 1 N–H and O–H groups in total. The number of carbonyl (C=O) groups is 1. The predicted octanol–water partition coefficient (Wildman–Crippen LogP) is 4.00. The van der Waals surface area contributed by atoms with Crippen LogP contribution in [0, 0.1) is 5.92 Å². The molecular weight excluding hydrogens is 421 g/mol. The molecule has 0 spiro atoms. The number of rotatable bonds is 7. The number of nitrogens with one attached hydrogen (secondary N) is 1. The van der Waals surface area contributed by atoms with Gasteiger partial charge in [-0.1, -0.05) is 18.2 Å². The van der Waals surface area contributed by atoms with Crippen molar-refractivity contribution in [2.24, 2.45) is 5.92 Å². The summed E-state index contributed by atoms with van der Waals surface area (Å²) in [5.41, 5.74) is 2.34. The fourth-order valence-electron chi connectivity index (χ4n) is 4.40. The summed E-state index contributed by atoms with van der Waals surface area (Å²) < 4.78 is 49.5. The number of carbonyl (C=O) groups excluding carboxylic acids is 1. The lowest BCUT2D eigenvalue weighted by molar-refractivity contribution is -0.137. The predicted molar refractivity (Wildman–Crippen MR) is 114 cm³/mol. The van der Waals surface area contributed by atoms with Gasteiger partial charge in [-0.25, -0.2) is 0 Å². The Hall–Kier alpha value is -2.74. The van der Waals surface area contributed by atoms with Crippen LogP contribution in [0.15, 0.2) is 36.4 Å². The molecule has 0 radical (unpaired) electrons. The molecule has 5 nitrogen and oxygen atoms in total. The van der Waals surface area contributed by atoms with E-state index in [2.05, 4.69) is 10.2 Å². The van der Waals surface area contributed by atoms with Crippen molar-refractivity contribution in [1.82, 2.24) is 10.2 Å². The van der Waals surface area contributed by atoms with E-state index in [0.717, 1.165) is 37.4 Å². The maximum Gasteiger partial charge on any atom is 0.416 e. The van der Waals surface area contributed by atoms with Gasteiger partial charge in [0.1, 0.15) is 0 Å². The molecule has 0 saturated heterocycles. The standard InChI is InChI=1S/C24H27F3N2O3/c1-31-21-11-15-6-8-29(14-17(15)12-22(21)32-2)9-7-28-23(30)20-13-19(20)16-4-3-5-18(10-16)24(25,26)27/h3-5,10-12,19-20H,6-9,13-14H2,1-2H3,(H,28,30). The minimum Gasteiger partial charge on any atom is -0.493 e. The van der Waals surface area contributed by atoms with Crippen molar-refractivity contribution < 1.29 is 27.4 Å². The maximum absolute atomic E-state index is 12.9. The second-order valence-corrected chi connectivity index (χ2v) is 8.36. The van der Waals surface area contributed by atoms with Crippen LogP contribution >= 0.6 is 0 Å². The second kappa shape index (κ2) is 9.02. The van der Waals surface area contributed by atoms with Crippen LogP contribution in [0.25, 0.3) is 0 Å². The van der Waals surface area contributed by atoms with E-state index in [-0.39, 0.29) is 17.7 Å². The van der Waals surface area contributed by atoms with Crippen LogP contribution in [-0.2, 0) is 23.9 Å². The van der Waals surface area contributed by atoms with Crippen LogP contribution in [-0.4, -0.2) is 44.7 Å². The van der Waals surface area contributed by atoms with Crippen molar-refractivity contribution in [3.63, 3.8) is 0 Å². The largest absolute Gasteiger partial charge is 0.493 e. The molecule has 0 bridgehead atoms. The summed E-state index contributed by atoms with van der Waals surface area (Å²) in [6.07, 6.45) is -2.89. The van der Waals surface area contributed by atoms with Gasteiger partial charge in [0, 0.05) is 32.1 Å². The van der Waals surface area contributed by atoms with Crippen molar-refractivity contribution in [3.05, 3.63) is 58.7 Å². The second-order valence-electron chi connectivity index (χ2n) is 8.36. The van der Waals surface area contributed by atoms with E-state index < -0.39 is 11.7 Å². The first-order chi connectivity index (χ1) is 15.3. The molecular formula is C24H27F3N2O3. The van der Waals surface area contributed by atoms with E-state index in [1.54, 1.807) is 20.3 Å². The molecule has 1 aliphatic carbocycles. The van der Waals surface area contributed by atoms with Crippen LogP contribution in [0.3, 0.4) is 0 Å². The van der Waals surface area contributed by atoms with Gasteiger partial charge in [-0.2, -0.15) is 13.2 Å². The summed E-state index contributed by atoms with van der Waals surface area (Å²) in [4.78, 5) is 14.8. The molecule has 172 valence electrons. The molecule has 2 atom stereocenters. The molecule has 4 rings (SSSR count). The van der Waals surface area contributed by atoms with E-state index in [9.17, 15) is 18.0 Å². The third-order valence-corrected chi connectivity index (χ3v) is 6.29. The first-order valence-corrected chi connectivity index (χ1v) is 10.7. The fraction of sp³-hybridized carbons (Fsp3) is 0.458. The van der Waals surface area contributed by atoms with Crippen LogP contribution in [0.1, 0.15) is 34.6 Å². The third kappa shape index (κ3) is 4.85. The molecule has 2 unspecified atom stereocenters. The smallest absolute Gasteiger partial charge is 0.416 e. The van der Waals surface area contributed by atoms with Gasteiger partial charge in [0.15, 0.2) is 11.5 Å². The van der Waals surface area contributed by atoms with Crippen molar-refractivity contribution in [2.75, 3.05) is 33.9 Å². The Morgan fingerprint density at radius 2 is 1.84 bits per heavy atom. The van der Waals surface area contributed by atoms with Crippen LogP contribution in [0.5, 0.6) is 11.5 Å². The third-order valence-electron chi connectivity index (χ3n) is 6.29. The zero-order valence-electron chi connectivity index (χ0n) is 18.2. The molecule has 1 heterocycles. The number of hydrogen-bond acceptors (Lipinski definition) is 4. The monoisotopic (exact) mass is 448 g/mol. The van der Waals surface area contributed by atoms with E-state index in [1.165, 1.54) is 17.2 Å². The quantitative estimate of drug-likeness (QED) is 0.696. The highest BCUT2D eigenvalue weighted by molar-refractivity contribution is 5.82. The Kier molecular flexibility index (Phi) is 6.33. The van der Waals surface area contributed by atoms with Gasteiger partial charge >= 0.3 is 6.18 Å². The summed E-state index contributed by atoms with van der Waals surface area (Å²) in [7, 11) is 3.24. The zero-order valence-corrected chi connectivity index (χ0v) is 18.2. The number of ether oxygens (including phenoxy) is 2. The normalized spacial score (nSPS) is 20.4. The Balaban J connectivity index is 1.27. The average Bonchev–Trinajstić information content (AvgIpc) is 3.58. The molecule has 2 aliphatic rings. The molecule has 8 heteroatoms. The highest BCUT2D eigenvalue weighted by Gasteiger charge is 2.44. The van der Waals surface area contributed by atoms with Gasteiger partial charge in [0.25, 0.3) is 0 Å². The van der Waals surface area contributed by atoms with Crippen LogP contribution < -0.4 is 14.8 Å². The molecule has 1 saturated carbocycles. The molecule has 0 aromatic heterocycles. The first kappa shape index (κ1) is 22.5. The maximum atomic E-state index is 12.9. The molecule has 2 aromatic rings. The van der Waals surface area contributed by atoms with Crippen molar-refractivity contribution in [1.29, 1.82) is 0 Å². The van der Waals surface area contributed by atoms with Gasteiger partial charge in [0.05, 0.1) is 19.8 Å². The van der Waals surface area contributed by atoms with Gasteiger partial charge in [-0.15, -0.1) is 0 Å². The van der Waals surface area contributed by atoms with Crippen molar-refractivity contribution in [3.8, 4) is 11.5 Å².